The number of allylic oxidation sites excluding steroid dienone is 4. The minimum absolute atomic E-state index is 0.155. The van der Waals surface area contributed by atoms with E-state index in [-0.39, 0.29) is 43.3 Å². The fraction of sp³-hybridized carbons (Fsp3) is 0.435. The van der Waals surface area contributed by atoms with E-state index < -0.39 is 12.5 Å². The number of hydrogen-bond donors (Lipinski definition) is 3. The monoisotopic (exact) mass is 479 g/mol. The van der Waals surface area contributed by atoms with Gasteiger partial charge in [0, 0.05) is 32.6 Å². The van der Waals surface area contributed by atoms with E-state index >= 15 is 0 Å². The minimum Gasteiger partial charge on any atom is -0.410 e. The second-order valence-corrected chi connectivity index (χ2v) is 7.93. The third kappa shape index (κ3) is 7.08. The third-order valence-corrected chi connectivity index (χ3v) is 5.15. The molecule has 1 aliphatic rings. The van der Waals surface area contributed by atoms with E-state index in [0.717, 1.165) is 0 Å². The molecule has 2 aromatic rings. The van der Waals surface area contributed by atoms with E-state index in [4.69, 9.17) is 0 Å². The number of carbonyl (C=O) groups is 1. The molecular weight excluding hydrogens is 451 g/mol. The van der Waals surface area contributed by atoms with Gasteiger partial charge >= 0.3 is 6.36 Å². The van der Waals surface area contributed by atoms with Crippen LogP contribution in [0.15, 0.2) is 47.9 Å². The summed E-state index contributed by atoms with van der Waals surface area (Å²) in [5, 5.41) is 15.2. The quantitative estimate of drug-likeness (QED) is 0.482. The molecule has 11 heteroatoms. The molecule has 2 heterocycles. The molecule has 3 N–H and O–H groups in total. The van der Waals surface area contributed by atoms with Crippen LogP contribution >= 0.6 is 0 Å². The van der Waals surface area contributed by atoms with E-state index in [1.54, 1.807) is 30.8 Å². The summed E-state index contributed by atoms with van der Waals surface area (Å²) in [5.74, 6) is 0.297. The molecule has 184 valence electrons. The Bertz CT molecular complexity index is 1050. The van der Waals surface area contributed by atoms with Gasteiger partial charge in [-0.25, -0.2) is 4.98 Å². The molecule has 1 amide bonds. The summed E-state index contributed by atoms with van der Waals surface area (Å²) in [7, 11) is 1.64. The largest absolute Gasteiger partial charge is 0.572 e. The average molecular weight is 480 g/mol. The molecular formula is C23H28F3N5O3. The van der Waals surface area contributed by atoms with Crippen LogP contribution in [0.25, 0.3) is 0 Å². The highest BCUT2D eigenvalue weighted by Crippen LogP contribution is 2.29. The number of aromatic nitrogens is 3. The number of aliphatic hydroxyl groups excluding tert-OH is 1. The number of nitrogens with one attached hydrogen (secondary N) is 2. The number of rotatable bonds is 10. The normalized spacial score (nSPS) is 14.8. The molecule has 1 unspecified atom stereocenters. The number of pyridine rings is 1. The lowest BCUT2D eigenvalue weighted by Crippen LogP contribution is -2.29. The predicted molar refractivity (Wildman–Crippen MR) is 120 cm³/mol. The van der Waals surface area contributed by atoms with Gasteiger partial charge in [0.05, 0.1) is 18.3 Å². The maximum atomic E-state index is 13.0. The van der Waals surface area contributed by atoms with Crippen LogP contribution in [0.3, 0.4) is 0 Å². The van der Waals surface area contributed by atoms with Crippen molar-refractivity contribution in [2.45, 2.75) is 51.6 Å². The van der Waals surface area contributed by atoms with Gasteiger partial charge < -0.3 is 25.0 Å². The van der Waals surface area contributed by atoms with E-state index in [1.165, 1.54) is 6.08 Å². The first-order chi connectivity index (χ1) is 16.2. The van der Waals surface area contributed by atoms with Crippen molar-refractivity contribution in [1.29, 1.82) is 0 Å². The molecule has 1 atom stereocenters. The number of carbonyl (C=O) groups excluding carboxylic acids is 1. The van der Waals surface area contributed by atoms with Gasteiger partial charge in [-0.05, 0) is 43.5 Å². The van der Waals surface area contributed by atoms with Gasteiger partial charge in [0.25, 0.3) is 5.91 Å². The van der Waals surface area contributed by atoms with Crippen molar-refractivity contribution in [3.63, 3.8) is 0 Å². The molecule has 0 saturated carbocycles. The molecule has 8 nitrogen and oxygen atoms in total. The van der Waals surface area contributed by atoms with Crippen LogP contribution in [0.4, 0.5) is 19.0 Å². The van der Waals surface area contributed by atoms with Crippen LogP contribution in [0.2, 0.25) is 0 Å². The number of halogens is 3. The van der Waals surface area contributed by atoms with Crippen LogP contribution in [0.5, 0.6) is 0 Å². The van der Waals surface area contributed by atoms with Crippen LogP contribution in [0, 0.1) is 0 Å². The molecule has 0 aromatic carbocycles. The van der Waals surface area contributed by atoms with Crippen LogP contribution in [-0.4, -0.2) is 51.6 Å². The Labute approximate surface area is 195 Å². The Morgan fingerprint density at radius 2 is 2.15 bits per heavy atom. The van der Waals surface area contributed by atoms with E-state index in [2.05, 4.69) is 25.3 Å². The number of ether oxygens (including phenoxy) is 1. The first-order valence-electron chi connectivity index (χ1n) is 10.9. The van der Waals surface area contributed by atoms with Gasteiger partial charge in [-0.1, -0.05) is 12.1 Å². The molecule has 0 bridgehead atoms. The first-order valence-corrected chi connectivity index (χ1v) is 10.9. The number of amides is 1. The third-order valence-electron chi connectivity index (χ3n) is 5.15. The van der Waals surface area contributed by atoms with Crippen molar-refractivity contribution in [3.05, 3.63) is 65.1 Å². The molecule has 34 heavy (non-hydrogen) atoms. The molecule has 0 radical (unpaired) electrons. The Morgan fingerprint density at radius 1 is 1.35 bits per heavy atom. The average Bonchev–Trinajstić information content (AvgIpc) is 3.10. The molecule has 3 rings (SSSR count). The number of imidazole rings is 1. The van der Waals surface area contributed by atoms with Crippen molar-refractivity contribution in [2.75, 3.05) is 18.9 Å². The molecule has 0 spiro atoms. The molecule has 2 aromatic heterocycles. The number of anilines is 1. The Kier molecular flexibility index (Phi) is 8.32. The summed E-state index contributed by atoms with van der Waals surface area (Å²) in [5.41, 5.74) is 1.58. The summed E-state index contributed by atoms with van der Waals surface area (Å²) in [6.07, 6.45) is 0.699. The SMILES string of the molecule is CNc1nc(CC2=CCCC(OC(F)(F)F)=C2)n(Cc2ccccn2)c1C(=O)NCCC(C)O. The van der Waals surface area contributed by atoms with Crippen LogP contribution in [0.1, 0.15) is 48.2 Å². The lowest BCUT2D eigenvalue weighted by Gasteiger charge is -2.17. The van der Waals surface area contributed by atoms with Crippen molar-refractivity contribution < 1.29 is 27.8 Å². The van der Waals surface area contributed by atoms with Gasteiger partial charge in [-0.15, -0.1) is 13.2 Å². The highest BCUT2D eigenvalue weighted by molar-refractivity contribution is 5.97. The van der Waals surface area contributed by atoms with Crippen LogP contribution in [-0.2, 0) is 17.7 Å². The zero-order valence-corrected chi connectivity index (χ0v) is 19.0. The molecule has 0 saturated heterocycles. The Balaban J connectivity index is 1.93. The number of hydrogen-bond acceptors (Lipinski definition) is 6. The van der Waals surface area contributed by atoms with Crippen molar-refractivity contribution in [2.24, 2.45) is 0 Å². The van der Waals surface area contributed by atoms with Crippen LogP contribution < -0.4 is 10.6 Å². The molecule has 0 fully saturated rings. The summed E-state index contributed by atoms with van der Waals surface area (Å²) in [6, 6.07) is 5.42. The Morgan fingerprint density at radius 3 is 2.79 bits per heavy atom. The number of aliphatic hydroxyl groups is 1. The zero-order chi connectivity index (χ0) is 24.7. The second-order valence-electron chi connectivity index (χ2n) is 7.93. The van der Waals surface area contributed by atoms with E-state index in [1.807, 2.05) is 18.2 Å². The minimum atomic E-state index is -4.75. The predicted octanol–water partition coefficient (Wildman–Crippen LogP) is 3.55. The fourth-order valence-electron chi connectivity index (χ4n) is 3.61. The zero-order valence-electron chi connectivity index (χ0n) is 19.0. The molecule has 1 aliphatic carbocycles. The summed E-state index contributed by atoms with van der Waals surface area (Å²) in [4.78, 5) is 21.9. The van der Waals surface area contributed by atoms with Gasteiger partial charge in [-0.3, -0.25) is 9.78 Å². The van der Waals surface area contributed by atoms with Gasteiger partial charge in [0.15, 0.2) is 11.5 Å². The summed E-state index contributed by atoms with van der Waals surface area (Å²) in [6.45, 7) is 2.15. The molecule has 0 aliphatic heterocycles. The first kappa shape index (κ1) is 25.3. The Hall–Kier alpha value is -3.34. The summed E-state index contributed by atoms with van der Waals surface area (Å²) < 4.78 is 43.8. The van der Waals surface area contributed by atoms with Gasteiger partial charge in [-0.2, -0.15) is 0 Å². The number of alkyl halides is 3. The topological polar surface area (TPSA) is 101 Å². The number of nitrogens with zero attached hydrogens (tertiary/aromatic N) is 3. The van der Waals surface area contributed by atoms with Gasteiger partial charge in [0.1, 0.15) is 11.6 Å². The van der Waals surface area contributed by atoms with Crippen molar-refractivity contribution in [3.8, 4) is 0 Å². The lowest BCUT2D eigenvalue weighted by atomic mass is 10.0. The lowest BCUT2D eigenvalue weighted by molar-refractivity contribution is -0.306. The smallest absolute Gasteiger partial charge is 0.410 e. The van der Waals surface area contributed by atoms with E-state index in [9.17, 15) is 23.1 Å². The van der Waals surface area contributed by atoms with Gasteiger partial charge in [0.2, 0.25) is 0 Å². The summed E-state index contributed by atoms with van der Waals surface area (Å²) >= 11 is 0. The van der Waals surface area contributed by atoms with Crippen molar-refractivity contribution >= 4 is 11.7 Å². The fourth-order valence-corrected chi connectivity index (χ4v) is 3.61. The highest BCUT2D eigenvalue weighted by Gasteiger charge is 2.32. The van der Waals surface area contributed by atoms with Crippen molar-refractivity contribution in [1.82, 2.24) is 19.9 Å². The standard InChI is InChI=1S/C23H28F3N5O3/c1-15(32)9-11-29-22(33)20-21(27-2)30-19(31(20)14-17-7-3-4-10-28-17)13-16-6-5-8-18(12-16)34-23(24,25)26/h3-4,6-7,10,12,15,27,32H,5,8-9,11,13-14H2,1-2H3,(H,29,33). The maximum absolute atomic E-state index is 13.0. The second kappa shape index (κ2) is 11.2. The maximum Gasteiger partial charge on any atom is 0.572 e. The van der Waals surface area contributed by atoms with E-state index in [0.29, 0.717) is 35.8 Å². The highest BCUT2D eigenvalue weighted by atomic mass is 19.4.